The minimum Gasteiger partial charge on any atom is -0.460 e. The SMILES string of the molecule is CC(C)(C)OC(=O)CC(C=CC=CS(C)(=O)=O)NC(=O)OC(C)(C)C. The standard InChI is InChI=1S/C17H29NO6S/c1-16(2,3)23-14(19)12-13(10-8-9-11-25(7,21)22)18-15(20)24-17(4,5)6/h8-11,13H,12H2,1-7H3,(H,18,20). The molecule has 0 bridgehead atoms. The van der Waals surface area contributed by atoms with Crippen molar-refractivity contribution >= 4 is 21.9 Å². The normalized spacial score (nSPS) is 14.5. The lowest BCUT2D eigenvalue weighted by atomic mass is 10.1. The second-order valence-corrected chi connectivity index (χ2v) is 9.52. The van der Waals surface area contributed by atoms with Crippen molar-refractivity contribution in [3.63, 3.8) is 0 Å². The van der Waals surface area contributed by atoms with Crippen molar-refractivity contribution in [1.29, 1.82) is 0 Å². The molecule has 0 fully saturated rings. The van der Waals surface area contributed by atoms with Gasteiger partial charge in [-0.15, -0.1) is 0 Å². The van der Waals surface area contributed by atoms with Crippen LogP contribution in [0.25, 0.3) is 0 Å². The molecule has 0 aromatic carbocycles. The van der Waals surface area contributed by atoms with E-state index >= 15 is 0 Å². The van der Waals surface area contributed by atoms with Crippen LogP contribution in [0.5, 0.6) is 0 Å². The molecule has 0 saturated carbocycles. The zero-order valence-electron chi connectivity index (χ0n) is 16.0. The van der Waals surface area contributed by atoms with Crippen molar-refractivity contribution in [2.75, 3.05) is 6.26 Å². The summed E-state index contributed by atoms with van der Waals surface area (Å²) in [6.45, 7) is 10.4. The molecule has 0 saturated heterocycles. The van der Waals surface area contributed by atoms with Crippen LogP contribution in [-0.2, 0) is 24.1 Å². The van der Waals surface area contributed by atoms with E-state index in [2.05, 4.69) is 5.32 Å². The second-order valence-electron chi connectivity index (χ2n) is 7.59. The molecule has 0 aromatic rings. The van der Waals surface area contributed by atoms with Gasteiger partial charge in [-0.1, -0.05) is 18.2 Å². The van der Waals surface area contributed by atoms with E-state index in [0.29, 0.717) is 0 Å². The summed E-state index contributed by atoms with van der Waals surface area (Å²) in [6.07, 6.45) is 4.52. The van der Waals surface area contributed by atoms with Crippen LogP contribution >= 0.6 is 0 Å². The molecule has 1 amide bonds. The van der Waals surface area contributed by atoms with Crippen molar-refractivity contribution in [3.05, 3.63) is 23.6 Å². The molecule has 25 heavy (non-hydrogen) atoms. The summed E-state index contributed by atoms with van der Waals surface area (Å²) in [7, 11) is -3.25. The minimum absolute atomic E-state index is 0.111. The molecular weight excluding hydrogens is 346 g/mol. The maximum absolute atomic E-state index is 12.0. The van der Waals surface area contributed by atoms with E-state index in [1.165, 1.54) is 18.2 Å². The number of carbonyl (C=O) groups is 2. The van der Waals surface area contributed by atoms with Gasteiger partial charge in [0.2, 0.25) is 0 Å². The van der Waals surface area contributed by atoms with Gasteiger partial charge in [-0.05, 0) is 41.5 Å². The van der Waals surface area contributed by atoms with Gasteiger partial charge in [-0.3, -0.25) is 4.79 Å². The molecule has 0 rings (SSSR count). The molecule has 1 unspecified atom stereocenters. The van der Waals surface area contributed by atoms with Crippen LogP contribution in [0.4, 0.5) is 4.79 Å². The number of esters is 1. The molecule has 0 aromatic heterocycles. The molecule has 8 heteroatoms. The van der Waals surface area contributed by atoms with E-state index in [1.54, 1.807) is 41.5 Å². The third-order valence-corrected chi connectivity index (χ3v) is 2.94. The van der Waals surface area contributed by atoms with Crippen LogP contribution in [0.15, 0.2) is 23.6 Å². The molecule has 0 heterocycles. The maximum Gasteiger partial charge on any atom is 0.408 e. The van der Waals surface area contributed by atoms with Crippen LogP contribution in [0.3, 0.4) is 0 Å². The Morgan fingerprint density at radius 1 is 1.00 bits per heavy atom. The first-order valence-corrected chi connectivity index (χ1v) is 9.79. The summed E-state index contributed by atoms with van der Waals surface area (Å²) < 4.78 is 32.5. The molecule has 7 nitrogen and oxygen atoms in total. The Kier molecular flexibility index (Phi) is 8.37. The fourth-order valence-corrected chi connectivity index (χ4v) is 1.95. The molecule has 0 aliphatic rings. The van der Waals surface area contributed by atoms with Crippen molar-refractivity contribution in [3.8, 4) is 0 Å². The molecule has 0 aliphatic heterocycles. The zero-order valence-corrected chi connectivity index (χ0v) is 16.8. The monoisotopic (exact) mass is 375 g/mol. The summed E-state index contributed by atoms with van der Waals surface area (Å²) in [5.41, 5.74) is -1.33. The molecule has 0 aliphatic carbocycles. The van der Waals surface area contributed by atoms with Gasteiger partial charge in [-0.25, -0.2) is 13.2 Å². The number of carbonyl (C=O) groups excluding carboxylic acids is 2. The number of amides is 1. The van der Waals surface area contributed by atoms with Crippen molar-refractivity contribution < 1.29 is 27.5 Å². The molecule has 144 valence electrons. The number of hydrogen-bond acceptors (Lipinski definition) is 6. The van der Waals surface area contributed by atoms with Crippen molar-refractivity contribution in [1.82, 2.24) is 5.32 Å². The summed E-state index contributed by atoms with van der Waals surface area (Å²) >= 11 is 0. The lowest BCUT2D eigenvalue weighted by Gasteiger charge is -2.23. The Bertz CT molecular complexity index is 591. The van der Waals surface area contributed by atoms with Gasteiger partial charge in [-0.2, -0.15) is 0 Å². The summed E-state index contributed by atoms with van der Waals surface area (Å²) in [5.74, 6) is -0.495. The fraction of sp³-hybridized carbons (Fsp3) is 0.647. The predicted molar refractivity (Wildman–Crippen MR) is 96.7 cm³/mol. The van der Waals surface area contributed by atoms with E-state index < -0.39 is 39.1 Å². The van der Waals surface area contributed by atoms with Gasteiger partial charge in [0.25, 0.3) is 0 Å². The quantitative estimate of drug-likeness (QED) is 0.566. The lowest BCUT2D eigenvalue weighted by Crippen LogP contribution is -2.40. The highest BCUT2D eigenvalue weighted by Crippen LogP contribution is 2.11. The maximum atomic E-state index is 12.0. The van der Waals surface area contributed by atoms with Gasteiger partial charge >= 0.3 is 12.1 Å². The second kappa shape index (κ2) is 9.03. The van der Waals surface area contributed by atoms with E-state index in [9.17, 15) is 18.0 Å². The third-order valence-electron chi connectivity index (χ3n) is 2.29. The first-order valence-electron chi connectivity index (χ1n) is 7.84. The molecule has 1 atom stereocenters. The Morgan fingerprint density at radius 3 is 1.96 bits per heavy atom. The van der Waals surface area contributed by atoms with Gasteiger partial charge in [0.05, 0.1) is 12.5 Å². The summed E-state index contributed by atoms with van der Waals surface area (Å²) in [5, 5.41) is 3.57. The predicted octanol–water partition coefficient (Wildman–Crippen LogP) is 2.73. The van der Waals surface area contributed by atoms with Crippen LogP contribution in [0.1, 0.15) is 48.0 Å². The fourth-order valence-electron chi connectivity index (χ4n) is 1.58. The van der Waals surface area contributed by atoms with Crippen LogP contribution < -0.4 is 5.32 Å². The highest BCUT2D eigenvalue weighted by atomic mass is 32.2. The Balaban J connectivity index is 5.04. The van der Waals surface area contributed by atoms with Crippen molar-refractivity contribution in [2.45, 2.75) is 65.2 Å². The first kappa shape index (κ1) is 23.2. The zero-order chi connectivity index (χ0) is 19.9. The van der Waals surface area contributed by atoms with Crippen LogP contribution in [-0.4, -0.2) is 44.0 Å². The highest BCUT2D eigenvalue weighted by molar-refractivity contribution is 7.93. The summed E-state index contributed by atoms with van der Waals surface area (Å²) in [6, 6.07) is -0.700. The largest absolute Gasteiger partial charge is 0.460 e. The van der Waals surface area contributed by atoms with E-state index in [-0.39, 0.29) is 6.42 Å². The van der Waals surface area contributed by atoms with E-state index in [1.807, 2.05) is 0 Å². The van der Waals surface area contributed by atoms with Crippen molar-refractivity contribution in [2.24, 2.45) is 0 Å². The highest BCUT2D eigenvalue weighted by Gasteiger charge is 2.22. The smallest absolute Gasteiger partial charge is 0.408 e. The Labute approximate surface area is 150 Å². The average molecular weight is 375 g/mol. The Morgan fingerprint density at radius 2 is 1.52 bits per heavy atom. The molecule has 0 radical (unpaired) electrons. The number of hydrogen-bond donors (Lipinski definition) is 1. The van der Waals surface area contributed by atoms with Gasteiger partial charge < -0.3 is 14.8 Å². The number of allylic oxidation sites excluding steroid dienone is 2. The van der Waals surface area contributed by atoms with Gasteiger partial charge in [0, 0.05) is 11.7 Å². The van der Waals surface area contributed by atoms with Crippen LogP contribution in [0, 0.1) is 0 Å². The number of ether oxygens (including phenoxy) is 2. The molecule has 0 spiro atoms. The van der Waals surface area contributed by atoms with Gasteiger partial charge in [0.15, 0.2) is 9.84 Å². The third kappa shape index (κ3) is 15.4. The van der Waals surface area contributed by atoms with Gasteiger partial charge in [0.1, 0.15) is 11.2 Å². The lowest BCUT2D eigenvalue weighted by molar-refractivity contribution is -0.155. The average Bonchev–Trinajstić information content (AvgIpc) is 2.27. The number of nitrogens with one attached hydrogen (secondary N) is 1. The van der Waals surface area contributed by atoms with E-state index in [4.69, 9.17) is 9.47 Å². The first-order chi connectivity index (χ1) is 11.1. The summed E-state index contributed by atoms with van der Waals surface area (Å²) in [4.78, 5) is 23.9. The topological polar surface area (TPSA) is 98.8 Å². The molecule has 1 N–H and O–H groups in total. The number of sulfone groups is 1. The Hall–Kier alpha value is -1.83. The number of rotatable bonds is 6. The minimum atomic E-state index is -3.25. The van der Waals surface area contributed by atoms with E-state index in [0.717, 1.165) is 11.7 Å². The molecular formula is C17H29NO6S. The number of alkyl carbamates (subject to hydrolysis) is 1. The van der Waals surface area contributed by atoms with Crippen LogP contribution in [0.2, 0.25) is 0 Å².